The van der Waals surface area contributed by atoms with E-state index in [1.54, 1.807) is 6.07 Å². The first-order chi connectivity index (χ1) is 8.13. The maximum atomic E-state index is 11.7. The summed E-state index contributed by atoms with van der Waals surface area (Å²) in [6, 6.07) is 1.72. The topological polar surface area (TPSA) is 58.4 Å². The molecule has 5 nitrogen and oxygen atoms in total. The molecule has 1 saturated heterocycles. The molecule has 2 rings (SSSR count). The van der Waals surface area contributed by atoms with Crippen molar-refractivity contribution < 1.29 is 9.32 Å². The molecule has 1 aromatic rings. The molecule has 5 heteroatoms. The molecule has 0 bridgehead atoms. The molecular weight excluding hydrogens is 218 g/mol. The lowest BCUT2D eigenvalue weighted by Gasteiger charge is -2.29. The van der Waals surface area contributed by atoms with Crippen molar-refractivity contribution in [3.8, 4) is 0 Å². The average Bonchev–Trinajstić information content (AvgIpc) is 2.67. The SMILES string of the molecule is Cc1cc(NC(=O)CN2CCC(C)CC2)on1. The van der Waals surface area contributed by atoms with E-state index in [0.29, 0.717) is 12.4 Å². The summed E-state index contributed by atoms with van der Waals surface area (Å²) < 4.78 is 4.94. The summed E-state index contributed by atoms with van der Waals surface area (Å²) in [5.74, 6) is 1.18. The van der Waals surface area contributed by atoms with Crippen molar-refractivity contribution in [1.29, 1.82) is 0 Å². The predicted octanol–water partition coefficient (Wildman–Crippen LogP) is 1.65. The number of anilines is 1. The Hall–Kier alpha value is -1.36. The molecule has 0 radical (unpaired) electrons. The van der Waals surface area contributed by atoms with Crippen LogP contribution >= 0.6 is 0 Å². The van der Waals surface area contributed by atoms with Gasteiger partial charge < -0.3 is 4.52 Å². The molecule has 0 unspecified atom stereocenters. The summed E-state index contributed by atoms with van der Waals surface area (Å²) in [6.07, 6.45) is 2.35. The summed E-state index contributed by atoms with van der Waals surface area (Å²) in [4.78, 5) is 13.9. The number of aromatic nitrogens is 1. The Kier molecular flexibility index (Phi) is 3.78. The average molecular weight is 237 g/mol. The molecule has 1 N–H and O–H groups in total. The summed E-state index contributed by atoms with van der Waals surface area (Å²) in [5, 5.41) is 6.43. The summed E-state index contributed by atoms with van der Waals surface area (Å²) in [5.41, 5.74) is 0.770. The third-order valence-electron chi connectivity index (χ3n) is 3.13. The fourth-order valence-electron chi connectivity index (χ4n) is 2.02. The number of rotatable bonds is 3. The third-order valence-corrected chi connectivity index (χ3v) is 3.13. The number of aryl methyl sites for hydroxylation is 1. The zero-order valence-corrected chi connectivity index (χ0v) is 10.4. The number of likely N-dealkylation sites (tertiary alicyclic amines) is 1. The normalized spacial score (nSPS) is 18.2. The second-order valence-electron chi connectivity index (χ2n) is 4.84. The summed E-state index contributed by atoms with van der Waals surface area (Å²) >= 11 is 0. The zero-order valence-electron chi connectivity index (χ0n) is 10.4. The van der Waals surface area contributed by atoms with Crippen LogP contribution in [0.3, 0.4) is 0 Å². The highest BCUT2D eigenvalue weighted by Crippen LogP contribution is 2.15. The van der Waals surface area contributed by atoms with E-state index in [-0.39, 0.29) is 5.91 Å². The third kappa shape index (κ3) is 3.56. The van der Waals surface area contributed by atoms with E-state index in [1.807, 2.05) is 6.92 Å². The van der Waals surface area contributed by atoms with Crippen LogP contribution in [0.1, 0.15) is 25.5 Å². The van der Waals surface area contributed by atoms with Gasteiger partial charge in [0, 0.05) is 6.07 Å². The van der Waals surface area contributed by atoms with Crippen LogP contribution < -0.4 is 5.32 Å². The summed E-state index contributed by atoms with van der Waals surface area (Å²) in [6.45, 7) is 6.53. The van der Waals surface area contributed by atoms with Gasteiger partial charge in [-0.3, -0.25) is 15.0 Å². The monoisotopic (exact) mass is 237 g/mol. The molecule has 1 aromatic heterocycles. The molecule has 0 atom stereocenters. The number of hydrogen-bond acceptors (Lipinski definition) is 4. The lowest BCUT2D eigenvalue weighted by molar-refractivity contribution is -0.117. The van der Waals surface area contributed by atoms with Gasteiger partial charge in [-0.1, -0.05) is 12.1 Å². The van der Waals surface area contributed by atoms with Gasteiger partial charge in [0.2, 0.25) is 11.8 Å². The Labute approximate surface area is 101 Å². The number of carbonyl (C=O) groups is 1. The predicted molar refractivity (Wildman–Crippen MR) is 64.7 cm³/mol. The Bertz CT molecular complexity index is 381. The molecule has 1 aliphatic heterocycles. The Morgan fingerprint density at radius 2 is 2.29 bits per heavy atom. The Morgan fingerprint density at radius 3 is 2.88 bits per heavy atom. The molecular formula is C12H19N3O2. The minimum absolute atomic E-state index is 0.0318. The lowest BCUT2D eigenvalue weighted by atomic mass is 9.99. The van der Waals surface area contributed by atoms with E-state index < -0.39 is 0 Å². The van der Waals surface area contributed by atoms with Crippen LogP contribution in [0.4, 0.5) is 5.88 Å². The highest BCUT2D eigenvalue weighted by Gasteiger charge is 2.18. The Morgan fingerprint density at radius 1 is 1.59 bits per heavy atom. The van der Waals surface area contributed by atoms with Crippen LogP contribution in [0.5, 0.6) is 0 Å². The second-order valence-corrected chi connectivity index (χ2v) is 4.84. The quantitative estimate of drug-likeness (QED) is 0.868. The molecule has 94 valence electrons. The largest absolute Gasteiger partial charge is 0.338 e. The highest BCUT2D eigenvalue weighted by atomic mass is 16.5. The van der Waals surface area contributed by atoms with Gasteiger partial charge in [-0.15, -0.1) is 0 Å². The van der Waals surface area contributed by atoms with Gasteiger partial charge in [-0.2, -0.15) is 0 Å². The summed E-state index contributed by atoms with van der Waals surface area (Å²) in [7, 11) is 0. The smallest absolute Gasteiger partial charge is 0.240 e. The van der Waals surface area contributed by atoms with E-state index in [4.69, 9.17) is 4.52 Å². The van der Waals surface area contributed by atoms with Gasteiger partial charge in [0.25, 0.3) is 0 Å². The van der Waals surface area contributed by atoms with Crippen molar-refractivity contribution in [2.24, 2.45) is 5.92 Å². The van der Waals surface area contributed by atoms with Crippen LogP contribution in [0.15, 0.2) is 10.6 Å². The highest BCUT2D eigenvalue weighted by molar-refractivity contribution is 5.90. The molecule has 0 saturated carbocycles. The maximum Gasteiger partial charge on any atom is 0.240 e. The maximum absolute atomic E-state index is 11.7. The van der Waals surface area contributed by atoms with Crippen LogP contribution in [-0.2, 0) is 4.79 Å². The first kappa shape index (κ1) is 12.1. The van der Waals surface area contributed by atoms with Gasteiger partial charge in [0.05, 0.1) is 12.2 Å². The lowest BCUT2D eigenvalue weighted by Crippen LogP contribution is -2.38. The fraction of sp³-hybridized carbons (Fsp3) is 0.667. The van der Waals surface area contributed by atoms with Crippen molar-refractivity contribution in [1.82, 2.24) is 10.1 Å². The first-order valence-electron chi connectivity index (χ1n) is 6.09. The van der Waals surface area contributed by atoms with Crippen molar-refractivity contribution in [2.75, 3.05) is 25.0 Å². The van der Waals surface area contributed by atoms with E-state index in [2.05, 4.69) is 22.3 Å². The first-order valence-corrected chi connectivity index (χ1v) is 6.09. The number of nitrogens with zero attached hydrogens (tertiary/aromatic N) is 2. The number of carbonyl (C=O) groups excluding carboxylic acids is 1. The second kappa shape index (κ2) is 5.31. The van der Waals surface area contributed by atoms with Crippen LogP contribution in [0, 0.1) is 12.8 Å². The zero-order chi connectivity index (χ0) is 12.3. The molecule has 0 aromatic carbocycles. The number of piperidine rings is 1. The van der Waals surface area contributed by atoms with E-state index in [1.165, 1.54) is 12.8 Å². The minimum Gasteiger partial charge on any atom is -0.338 e. The minimum atomic E-state index is -0.0318. The molecule has 17 heavy (non-hydrogen) atoms. The fourth-order valence-corrected chi connectivity index (χ4v) is 2.02. The molecule has 2 heterocycles. The van der Waals surface area contributed by atoms with Gasteiger partial charge >= 0.3 is 0 Å². The van der Waals surface area contributed by atoms with Crippen LogP contribution in [0.2, 0.25) is 0 Å². The van der Waals surface area contributed by atoms with E-state index in [0.717, 1.165) is 24.7 Å². The molecule has 1 fully saturated rings. The van der Waals surface area contributed by atoms with Gasteiger partial charge in [-0.25, -0.2) is 0 Å². The van der Waals surface area contributed by atoms with E-state index in [9.17, 15) is 4.79 Å². The van der Waals surface area contributed by atoms with Gasteiger partial charge in [-0.05, 0) is 38.8 Å². The number of nitrogens with one attached hydrogen (secondary N) is 1. The van der Waals surface area contributed by atoms with Crippen molar-refractivity contribution in [3.63, 3.8) is 0 Å². The number of amides is 1. The van der Waals surface area contributed by atoms with Crippen molar-refractivity contribution in [2.45, 2.75) is 26.7 Å². The van der Waals surface area contributed by atoms with Crippen molar-refractivity contribution >= 4 is 11.8 Å². The number of hydrogen-bond donors (Lipinski definition) is 1. The van der Waals surface area contributed by atoms with Crippen LogP contribution in [0.25, 0.3) is 0 Å². The molecule has 0 aliphatic carbocycles. The molecule has 1 amide bonds. The Balaban J connectivity index is 1.77. The van der Waals surface area contributed by atoms with Gasteiger partial charge in [0.1, 0.15) is 0 Å². The van der Waals surface area contributed by atoms with E-state index >= 15 is 0 Å². The standard InChI is InChI=1S/C12H19N3O2/c1-9-3-5-15(6-4-9)8-11(16)13-12-7-10(2)14-17-12/h7,9H,3-6,8H2,1-2H3,(H,13,16). The molecule has 0 spiro atoms. The van der Waals surface area contributed by atoms with Gasteiger partial charge in [0.15, 0.2) is 0 Å². The van der Waals surface area contributed by atoms with Crippen molar-refractivity contribution in [3.05, 3.63) is 11.8 Å². The molecule has 1 aliphatic rings. The van der Waals surface area contributed by atoms with Crippen LogP contribution in [-0.4, -0.2) is 35.6 Å².